The number of phenolic OH excluding ortho intramolecular Hbond substituents is 4. The standard InChI is InChI=1S/C79H98ClN11O19/c1-7-8-9-10-11-12-21-83-78(106)85-58(95)34-52-72(100)87-63-45-30-56(68(97)57(31-45)109-55-20-16-42(29-50(55)80)67(96)65(76(104)84-52)90-71(99)51(82-6)22-36(2)3)108-47-17-13-40(14-18-47)69(110-59-35-79(5,81)70(98)37(4)107-59)66-77(105)89-64(75(103)86-61-43-24-38-23-39(26-43)27-44(61)25-38)49-32-46(92)33-54(94)60(49)48-28-41(15-19-53(48)93)62(73(101)91-66)88-74(63)102/h13-20,28-33,36-39,43-44,51-52,59,61-67,69-70,82,92-94,96-98H,7-12,21-27,34-35,81H2,1-6H3,(H,84,104)(H,86,103)(H,87,100)(H,88,102)(H,89,105)(H,90,99)(H,91,101)(H2,83,85,95,106)/t37?,38?,39?,43?,44?,51-,52+,59?,61?,62-,63-,64+,65-,66-,67-,69-,70?,79?/m1/s1. The molecule has 5 aromatic carbocycles. The number of hydrogen-bond acceptors (Lipinski definition) is 21. The fourth-order valence-corrected chi connectivity index (χ4v) is 17.0. The molecule has 10 amide bonds. The molecule has 18 N–H and O–H groups in total. The van der Waals surface area contributed by atoms with Gasteiger partial charge in [0.15, 0.2) is 17.8 Å². The Hall–Kier alpha value is -9.82. The van der Waals surface area contributed by atoms with E-state index in [0.717, 1.165) is 94.5 Å². The number of aliphatic hydroxyl groups excluding tert-OH is 2. The molecule has 590 valence electrons. The predicted octanol–water partition coefficient (Wildman–Crippen LogP) is 6.54. The van der Waals surface area contributed by atoms with Crippen LogP contribution in [-0.4, -0.2) is 152 Å². The van der Waals surface area contributed by atoms with E-state index in [0.29, 0.717) is 18.3 Å². The SMILES string of the molecule is CCCCCCCCNC(=O)NC(=O)C[C@@H]1NC(=O)[C@H](NC(=O)[C@@H](CC(C)C)NC)[C@H](O)c2ccc(c(Cl)c2)Oc2cc3cc(c2O)Oc2ccc(cc2)[C@@H](OC2CC(C)(N)C(O)C(C)O2)[C@H]2NC(=O)[C@H](NC(=O)[C@@H]3NC1=O)c1ccc(O)c(c1)-c1c(O)cc(O)cc1[C@@H](C(=O)NC1C3CC4CC(C3)CC1C4)NC2=O. The Labute approximate surface area is 640 Å². The Bertz CT molecular complexity index is 4310. The molecule has 0 spiro atoms. The lowest BCUT2D eigenvalue weighted by Crippen LogP contribution is -2.61. The average molecular weight is 1540 g/mol. The average Bonchev–Trinajstić information content (AvgIpc) is 0.757. The van der Waals surface area contributed by atoms with Gasteiger partial charge in [-0.25, -0.2) is 4.79 Å². The number of fused-ring (bicyclic) bond motifs is 15. The minimum Gasteiger partial charge on any atom is -0.508 e. The van der Waals surface area contributed by atoms with E-state index in [4.69, 9.17) is 36.3 Å². The van der Waals surface area contributed by atoms with Gasteiger partial charge in [-0.1, -0.05) is 88.7 Å². The number of carbonyl (C=O) groups excluding carboxylic acids is 9. The third-order valence-corrected chi connectivity index (χ3v) is 22.5. The molecule has 6 aliphatic heterocycles. The molecule has 13 atom stereocenters. The van der Waals surface area contributed by atoms with Gasteiger partial charge in [0.05, 0.1) is 29.7 Å². The Balaban J connectivity index is 1.02. The van der Waals surface area contributed by atoms with Gasteiger partial charge in [0.2, 0.25) is 53.0 Å². The van der Waals surface area contributed by atoms with Crippen molar-refractivity contribution >= 4 is 64.9 Å². The van der Waals surface area contributed by atoms with Gasteiger partial charge in [-0.05, 0) is 178 Å². The van der Waals surface area contributed by atoms with E-state index in [1.54, 1.807) is 13.8 Å². The molecule has 110 heavy (non-hydrogen) atoms. The predicted molar refractivity (Wildman–Crippen MR) is 399 cm³/mol. The van der Waals surface area contributed by atoms with Crippen molar-refractivity contribution in [1.82, 2.24) is 53.2 Å². The number of benzene rings is 5. The van der Waals surface area contributed by atoms with Crippen molar-refractivity contribution in [2.45, 2.75) is 209 Å². The summed E-state index contributed by atoms with van der Waals surface area (Å²) in [4.78, 5) is 137. The number of aromatic hydroxyl groups is 4. The Morgan fingerprint density at radius 1 is 0.691 bits per heavy atom. The first-order valence-corrected chi connectivity index (χ1v) is 38.2. The number of likely N-dealkylation sites (N-methyl/N-ethyl adjacent to an activating group) is 1. The summed E-state index contributed by atoms with van der Waals surface area (Å²) in [6, 6.07) is 2.75. The second-order valence-corrected chi connectivity index (χ2v) is 31.4. The maximum atomic E-state index is 16.3. The number of ether oxygens (including phenoxy) is 4. The van der Waals surface area contributed by atoms with E-state index in [2.05, 4.69) is 60.1 Å². The van der Waals surface area contributed by atoms with E-state index in [9.17, 15) is 45.0 Å². The van der Waals surface area contributed by atoms with Crippen LogP contribution in [0.3, 0.4) is 0 Å². The van der Waals surface area contributed by atoms with Crippen molar-refractivity contribution in [2.75, 3.05) is 13.6 Å². The van der Waals surface area contributed by atoms with Gasteiger partial charge >= 0.3 is 6.03 Å². The van der Waals surface area contributed by atoms with Gasteiger partial charge in [0.1, 0.15) is 77.2 Å². The highest BCUT2D eigenvalue weighted by Gasteiger charge is 2.51. The maximum Gasteiger partial charge on any atom is 0.321 e. The summed E-state index contributed by atoms with van der Waals surface area (Å²) in [6.45, 7) is 9.07. The molecule has 1 saturated heterocycles. The molecule has 15 bridgehead atoms. The second kappa shape index (κ2) is 33.8. The summed E-state index contributed by atoms with van der Waals surface area (Å²) in [7, 11) is 1.51. The quantitative estimate of drug-likeness (QED) is 0.0414. The minimum atomic E-state index is -2.21. The fraction of sp³-hybridized carbons (Fsp3) is 0.506. The number of aliphatic hydroxyl groups is 2. The Morgan fingerprint density at radius 2 is 1.34 bits per heavy atom. The van der Waals surface area contributed by atoms with Crippen molar-refractivity contribution < 1.29 is 92.7 Å². The first-order chi connectivity index (χ1) is 52.4. The largest absolute Gasteiger partial charge is 0.508 e. The molecule has 15 rings (SSSR count). The molecule has 6 heterocycles. The summed E-state index contributed by atoms with van der Waals surface area (Å²) < 4.78 is 25.9. The number of phenols is 4. The van der Waals surface area contributed by atoms with E-state index >= 15 is 28.8 Å². The molecule has 4 aliphatic carbocycles. The first kappa shape index (κ1) is 79.7. The molecule has 0 radical (unpaired) electrons. The summed E-state index contributed by atoms with van der Waals surface area (Å²) in [5.41, 5.74) is 4.00. The molecule has 10 aliphatic rings. The highest BCUT2D eigenvalue weighted by atomic mass is 35.5. The first-order valence-electron chi connectivity index (χ1n) is 37.8. The zero-order valence-corrected chi connectivity index (χ0v) is 62.8. The third-order valence-electron chi connectivity index (χ3n) is 22.2. The van der Waals surface area contributed by atoms with Crippen LogP contribution in [0.4, 0.5) is 4.79 Å². The van der Waals surface area contributed by atoms with Gasteiger partial charge in [-0.2, -0.15) is 0 Å². The van der Waals surface area contributed by atoms with E-state index in [-0.39, 0.29) is 98.6 Å². The van der Waals surface area contributed by atoms with Crippen LogP contribution in [0.5, 0.6) is 46.0 Å². The number of nitrogens with two attached hydrogens (primary N) is 1. The molecule has 4 saturated carbocycles. The lowest BCUT2D eigenvalue weighted by atomic mass is 9.54. The summed E-state index contributed by atoms with van der Waals surface area (Å²) in [6.07, 6.45) is 1.54. The number of carbonyl (C=O) groups is 9. The number of imide groups is 1. The maximum absolute atomic E-state index is 16.3. The van der Waals surface area contributed by atoms with Crippen molar-refractivity contribution in [3.63, 3.8) is 0 Å². The number of unbranched alkanes of at least 4 members (excludes halogenated alkanes) is 5. The van der Waals surface area contributed by atoms with Gasteiger partial charge in [0, 0.05) is 41.7 Å². The topological polar surface area (TPSA) is 458 Å². The lowest BCUT2D eigenvalue weighted by molar-refractivity contribution is -0.255. The molecule has 4 unspecified atom stereocenters. The zero-order valence-electron chi connectivity index (χ0n) is 62.0. The summed E-state index contributed by atoms with van der Waals surface area (Å²) >= 11 is 6.97. The number of amides is 10. The van der Waals surface area contributed by atoms with Crippen LogP contribution in [0, 0.1) is 29.6 Å². The fourth-order valence-electron chi connectivity index (χ4n) is 16.8. The number of rotatable bonds is 18. The molecule has 0 aromatic heterocycles. The summed E-state index contributed by atoms with van der Waals surface area (Å²) in [5.74, 6) is -11.8. The highest BCUT2D eigenvalue weighted by Crippen LogP contribution is 2.55. The molecule has 30 nitrogen and oxygen atoms in total. The second-order valence-electron chi connectivity index (χ2n) is 31.0. The van der Waals surface area contributed by atoms with Crippen molar-refractivity contribution in [2.24, 2.45) is 35.3 Å². The zero-order chi connectivity index (χ0) is 78.7. The van der Waals surface area contributed by atoms with Gasteiger partial charge in [-0.15, -0.1) is 0 Å². The smallest absolute Gasteiger partial charge is 0.321 e. The van der Waals surface area contributed by atoms with Crippen LogP contribution in [-0.2, 0) is 47.8 Å². The van der Waals surface area contributed by atoms with Crippen LogP contribution in [0.15, 0.2) is 84.9 Å². The molecule has 5 fully saturated rings. The normalized spacial score (nSPS) is 28.7. The monoisotopic (exact) mass is 1540 g/mol. The molecule has 5 aromatic rings. The molecule has 31 heteroatoms. The van der Waals surface area contributed by atoms with Crippen LogP contribution in [0.2, 0.25) is 5.02 Å². The van der Waals surface area contributed by atoms with Crippen LogP contribution < -0.4 is 68.4 Å². The van der Waals surface area contributed by atoms with Crippen molar-refractivity contribution in [1.29, 1.82) is 0 Å². The number of halogens is 1. The van der Waals surface area contributed by atoms with Gasteiger partial charge in [0.25, 0.3) is 0 Å². The van der Waals surface area contributed by atoms with Crippen molar-refractivity contribution in [3.05, 3.63) is 118 Å². The highest BCUT2D eigenvalue weighted by molar-refractivity contribution is 6.32. The van der Waals surface area contributed by atoms with Crippen molar-refractivity contribution in [3.8, 4) is 57.1 Å². The van der Waals surface area contributed by atoms with E-state index in [1.165, 1.54) is 61.6 Å². The van der Waals surface area contributed by atoms with Crippen LogP contribution >= 0.6 is 11.6 Å². The van der Waals surface area contributed by atoms with Gasteiger partial charge in [-0.3, -0.25) is 43.7 Å². The van der Waals surface area contributed by atoms with E-state index in [1.807, 2.05) is 13.8 Å². The summed E-state index contributed by atoms with van der Waals surface area (Å²) in [5, 5.41) is 98.4. The number of hydrogen-bond donors (Lipinski definition) is 17. The number of nitrogens with one attached hydrogen (secondary N) is 10. The molecular weight excluding hydrogens is 1440 g/mol. The van der Waals surface area contributed by atoms with Crippen LogP contribution in [0.25, 0.3) is 11.1 Å². The van der Waals surface area contributed by atoms with Gasteiger partial charge < -0.3 is 103 Å². The number of urea groups is 1. The lowest BCUT2D eigenvalue weighted by Gasteiger charge is -2.54. The Morgan fingerprint density at radius 3 is 2.01 bits per heavy atom. The Kier molecular flexibility index (Phi) is 24.5. The van der Waals surface area contributed by atoms with Crippen LogP contribution in [0.1, 0.15) is 183 Å². The van der Waals surface area contributed by atoms with E-state index < -0.39 is 173 Å². The third kappa shape index (κ3) is 17.8. The minimum absolute atomic E-state index is 0.0634. The molecular formula is C79H98ClN11O19.